The highest BCUT2D eigenvalue weighted by atomic mass is 35.5. The van der Waals surface area contributed by atoms with Crippen LogP contribution in [0.1, 0.15) is 11.7 Å². The van der Waals surface area contributed by atoms with Crippen molar-refractivity contribution < 1.29 is 4.52 Å². The molecule has 6 nitrogen and oxygen atoms in total. The topological polar surface area (TPSA) is 76.7 Å². The molecule has 90 valence electrons. The summed E-state index contributed by atoms with van der Waals surface area (Å²) in [5.41, 5.74) is 0. The van der Waals surface area contributed by atoms with Crippen LogP contribution in [0, 0.1) is 6.92 Å². The van der Waals surface area contributed by atoms with E-state index < -0.39 is 0 Å². The summed E-state index contributed by atoms with van der Waals surface area (Å²) in [6, 6.07) is 0. The van der Waals surface area contributed by atoms with Gasteiger partial charge in [-0.05, 0) is 11.6 Å². The van der Waals surface area contributed by atoms with Crippen molar-refractivity contribution in [1.29, 1.82) is 0 Å². The van der Waals surface area contributed by atoms with Gasteiger partial charge in [0.05, 0.1) is 6.20 Å². The van der Waals surface area contributed by atoms with Gasteiger partial charge in [0, 0.05) is 19.9 Å². The second kappa shape index (κ2) is 5.29. The lowest BCUT2D eigenvalue weighted by Crippen LogP contribution is -2.08. The standard InChI is InChI=1S/C9H9Cl2N5O/c1-5-14-7(16-17-5)2-3-12-8-6(10)4-13-9(11)15-8/h4H,2-3H2,1H3,(H,12,13,15). The Morgan fingerprint density at radius 3 is 2.88 bits per heavy atom. The molecular formula is C9H9Cl2N5O. The highest BCUT2D eigenvalue weighted by Gasteiger charge is 2.05. The second-order valence-electron chi connectivity index (χ2n) is 3.24. The van der Waals surface area contributed by atoms with E-state index in [0.29, 0.717) is 35.5 Å². The molecule has 17 heavy (non-hydrogen) atoms. The van der Waals surface area contributed by atoms with E-state index in [-0.39, 0.29) is 5.28 Å². The third-order valence-electron chi connectivity index (χ3n) is 1.93. The molecule has 0 amide bonds. The van der Waals surface area contributed by atoms with Crippen molar-refractivity contribution in [2.24, 2.45) is 0 Å². The minimum atomic E-state index is 0.146. The highest BCUT2D eigenvalue weighted by Crippen LogP contribution is 2.18. The molecule has 2 aromatic heterocycles. The first-order valence-corrected chi connectivity index (χ1v) is 5.62. The van der Waals surface area contributed by atoms with Gasteiger partial charge >= 0.3 is 0 Å². The van der Waals surface area contributed by atoms with Gasteiger partial charge in [0.2, 0.25) is 11.2 Å². The van der Waals surface area contributed by atoms with Gasteiger partial charge in [-0.2, -0.15) is 9.97 Å². The van der Waals surface area contributed by atoms with E-state index in [4.69, 9.17) is 27.7 Å². The van der Waals surface area contributed by atoms with Crippen LogP contribution in [0.2, 0.25) is 10.3 Å². The summed E-state index contributed by atoms with van der Waals surface area (Å²) in [5.74, 6) is 1.67. The molecule has 0 unspecified atom stereocenters. The summed E-state index contributed by atoms with van der Waals surface area (Å²) >= 11 is 11.5. The van der Waals surface area contributed by atoms with E-state index >= 15 is 0 Å². The van der Waals surface area contributed by atoms with Crippen molar-refractivity contribution in [1.82, 2.24) is 20.1 Å². The fourth-order valence-electron chi connectivity index (χ4n) is 1.21. The maximum Gasteiger partial charge on any atom is 0.224 e. The normalized spacial score (nSPS) is 10.5. The Bertz CT molecular complexity index is 516. The van der Waals surface area contributed by atoms with Gasteiger partial charge in [-0.1, -0.05) is 16.8 Å². The van der Waals surface area contributed by atoms with E-state index in [2.05, 4.69) is 25.4 Å². The van der Waals surface area contributed by atoms with Crippen LogP contribution in [0.3, 0.4) is 0 Å². The summed E-state index contributed by atoms with van der Waals surface area (Å²) < 4.78 is 4.85. The Kier molecular flexibility index (Phi) is 3.75. The van der Waals surface area contributed by atoms with Gasteiger partial charge < -0.3 is 9.84 Å². The predicted octanol–water partition coefficient (Wildman–Crippen LogP) is 2.13. The molecular weight excluding hydrogens is 265 g/mol. The molecule has 0 saturated heterocycles. The number of aromatic nitrogens is 4. The molecule has 0 aliphatic rings. The molecule has 2 heterocycles. The molecule has 0 radical (unpaired) electrons. The first-order valence-electron chi connectivity index (χ1n) is 4.86. The number of aryl methyl sites for hydroxylation is 1. The van der Waals surface area contributed by atoms with E-state index in [1.807, 2.05) is 0 Å². The summed E-state index contributed by atoms with van der Waals surface area (Å²) in [6.07, 6.45) is 2.05. The molecule has 2 aromatic rings. The van der Waals surface area contributed by atoms with Crippen LogP contribution in [-0.4, -0.2) is 26.7 Å². The van der Waals surface area contributed by atoms with Crippen LogP contribution < -0.4 is 5.32 Å². The monoisotopic (exact) mass is 273 g/mol. The Morgan fingerprint density at radius 2 is 2.18 bits per heavy atom. The van der Waals surface area contributed by atoms with Crippen LogP contribution in [0.4, 0.5) is 5.82 Å². The van der Waals surface area contributed by atoms with Crippen LogP contribution in [0.25, 0.3) is 0 Å². The van der Waals surface area contributed by atoms with Crippen molar-refractivity contribution in [2.45, 2.75) is 13.3 Å². The average molecular weight is 274 g/mol. The fraction of sp³-hybridized carbons (Fsp3) is 0.333. The minimum Gasteiger partial charge on any atom is -0.368 e. The molecule has 0 fully saturated rings. The predicted molar refractivity (Wildman–Crippen MR) is 63.3 cm³/mol. The number of hydrogen-bond acceptors (Lipinski definition) is 6. The lowest BCUT2D eigenvalue weighted by molar-refractivity contribution is 0.387. The number of hydrogen-bond donors (Lipinski definition) is 1. The summed E-state index contributed by atoms with van der Waals surface area (Å²) in [7, 11) is 0. The Hall–Kier alpha value is -1.40. The van der Waals surface area contributed by atoms with Crippen molar-refractivity contribution in [2.75, 3.05) is 11.9 Å². The minimum absolute atomic E-state index is 0.146. The second-order valence-corrected chi connectivity index (χ2v) is 3.99. The lowest BCUT2D eigenvalue weighted by Gasteiger charge is -2.05. The highest BCUT2D eigenvalue weighted by molar-refractivity contribution is 6.33. The maximum absolute atomic E-state index is 5.89. The van der Waals surface area contributed by atoms with E-state index in [9.17, 15) is 0 Å². The van der Waals surface area contributed by atoms with Gasteiger partial charge in [-0.3, -0.25) is 0 Å². The summed E-state index contributed by atoms with van der Waals surface area (Å²) in [4.78, 5) is 11.8. The number of anilines is 1. The first-order chi connectivity index (χ1) is 8.15. The molecule has 0 bridgehead atoms. The Morgan fingerprint density at radius 1 is 1.35 bits per heavy atom. The maximum atomic E-state index is 5.89. The molecule has 1 N–H and O–H groups in total. The van der Waals surface area contributed by atoms with Crippen LogP contribution >= 0.6 is 23.2 Å². The van der Waals surface area contributed by atoms with E-state index in [0.717, 1.165) is 0 Å². The number of nitrogens with zero attached hydrogens (tertiary/aromatic N) is 4. The molecule has 0 aliphatic carbocycles. The number of halogens is 2. The SMILES string of the molecule is Cc1nc(CCNc2nc(Cl)ncc2Cl)no1. The van der Waals surface area contributed by atoms with Gasteiger partial charge in [0.15, 0.2) is 5.82 Å². The fourth-order valence-corrected chi connectivity index (χ4v) is 1.50. The third-order valence-corrected chi connectivity index (χ3v) is 2.38. The smallest absolute Gasteiger partial charge is 0.224 e. The van der Waals surface area contributed by atoms with Crippen molar-refractivity contribution in [3.8, 4) is 0 Å². The van der Waals surface area contributed by atoms with Crippen LogP contribution in [-0.2, 0) is 6.42 Å². The zero-order valence-corrected chi connectivity index (χ0v) is 10.5. The first kappa shape index (κ1) is 12.1. The van der Waals surface area contributed by atoms with Gasteiger partial charge in [-0.25, -0.2) is 4.98 Å². The Balaban J connectivity index is 1.91. The van der Waals surface area contributed by atoms with Crippen molar-refractivity contribution in [3.63, 3.8) is 0 Å². The molecule has 0 spiro atoms. The van der Waals surface area contributed by atoms with E-state index in [1.165, 1.54) is 6.20 Å². The van der Waals surface area contributed by atoms with Gasteiger partial charge in [0.1, 0.15) is 10.8 Å². The molecule has 8 heteroatoms. The number of rotatable bonds is 4. The van der Waals surface area contributed by atoms with E-state index in [1.54, 1.807) is 6.92 Å². The number of nitrogens with one attached hydrogen (secondary N) is 1. The van der Waals surface area contributed by atoms with Gasteiger partial charge in [0.25, 0.3) is 0 Å². The molecule has 0 atom stereocenters. The molecule has 0 aliphatic heterocycles. The van der Waals surface area contributed by atoms with Crippen molar-refractivity contribution in [3.05, 3.63) is 28.2 Å². The van der Waals surface area contributed by atoms with Crippen LogP contribution in [0.15, 0.2) is 10.7 Å². The molecule has 2 rings (SSSR count). The van der Waals surface area contributed by atoms with Crippen LogP contribution in [0.5, 0.6) is 0 Å². The molecule has 0 saturated carbocycles. The quantitative estimate of drug-likeness (QED) is 0.860. The molecule has 0 aromatic carbocycles. The summed E-state index contributed by atoms with van der Waals surface area (Å²) in [5, 5.41) is 7.35. The zero-order valence-electron chi connectivity index (χ0n) is 8.94. The zero-order chi connectivity index (χ0) is 12.3. The summed E-state index contributed by atoms with van der Waals surface area (Å²) in [6.45, 7) is 2.32. The Labute approximate surface area is 107 Å². The largest absolute Gasteiger partial charge is 0.368 e. The lowest BCUT2D eigenvalue weighted by atomic mass is 10.4. The average Bonchev–Trinajstić information content (AvgIpc) is 2.69. The third kappa shape index (κ3) is 3.28. The van der Waals surface area contributed by atoms with Gasteiger partial charge in [-0.15, -0.1) is 0 Å². The van der Waals surface area contributed by atoms with Crippen molar-refractivity contribution >= 4 is 29.0 Å².